The van der Waals surface area contributed by atoms with Gasteiger partial charge in [-0.3, -0.25) is 14.7 Å². The van der Waals surface area contributed by atoms with Crippen LogP contribution >= 0.6 is 0 Å². The van der Waals surface area contributed by atoms with E-state index in [-0.39, 0.29) is 17.8 Å². The number of pyridine rings is 1. The predicted molar refractivity (Wildman–Crippen MR) is 97.6 cm³/mol. The maximum atomic E-state index is 12.6. The van der Waals surface area contributed by atoms with Crippen molar-refractivity contribution < 1.29 is 18.0 Å². The second-order valence-electron chi connectivity index (χ2n) is 6.63. The lowest BCUT2D eigenvalue weighted by atomic mass is 10.0. The van der Waals surface area contributed by atoms with Crippen LogP contribution in [0, 0.1) is 6.92 Å². The van der Waals surface area contributed by atoms with Gasteiger partial charge in [0, 0.05) is 23.9 Å². The normalized spacial score (nSPS) is 11.6. The zero-order chi connectivity index (χ0) is 20.5. The largest absolute Gasteiger partial charge is 0.416 e. The van der Waals surface area contributed by atoms with E-state index in [0.29, 0.717) is 23.5 Å². The molecule has 0 atom stereocenters. The number of Topliss-reactive ketones (excluding diaryl/α,β-unsaturated/α-hetero) is 1. The van der Waals surface area contributed by atoms with Crippen molar-refractivity contribution in [1.29, 1.82) is 0 Å². The smallest absolute Gasteiger partial charge is 0.300 e. The monoisotopic (exact) mass is 389 g/mol. The molecule has 3 rings (SSSR count). The van der Waals surface area contributed by atoms with E-state index in [1.807, 2.05) is 0 Å². The summed E-state index contributed by atoms with van der Waals surface area (Å²) in [6.45, 7) is 3.14. The summed E-state index contributed by atoms with van der Waals surface area (Å²) in [5.74, 6) is 0.269. The van der Waals surface area contributed by atoms with Crippen LogP contribution in [0.1, 0.15) is 34.9 Å². The molecule has 0 bridgehead atoms. The van der Waals surface area contributed by atoms with Gasteiger partial charge in [-0.05, 0) is 49.6 Å². The van der Waals surface area contributed by atoms with Crippen molar-refractivity contribution in [3.8, 4) is 5.82 Å². The molecule has 146 valence electrons. The van der Waals surface area contributed by atoms with E-state index in [1.54, 1.807) is 25.3 Å². The van der Waals surface area contributed by atoms with Gasteiger partial charge in [0.25, 0.3) is 5.56 Å². The number of hydrogen-bond acceptors (Lipinski definition) is 3. The average Bonchev–Trinajstić information content (AvgIpc) is 2.90. The molecule has 0 aliphatic heterocycles. The van der Waals surface area contributed by atoms with Crippen LogP contribution in [0.25, 0.3) is 5.82 Å². The third kappa shape index (κ3) is 4.21. The first-order chi connectivity index (χ1) is 13.1. The Morgan fingerprint density at radius 2 is 1.75 bits per heavy atom. The number of H-pyrrole nitrogens is 1. The number of alkyl halides is 3. The van der Waals surface area contributed by atoms with E-state index in [1.165, 1.54) is 23.7 Å². The molecule has 28 heavy (non-hydrogen) atoms. The van der Waals surface area contributed by atoms with Gasteiger partial charge >= 0.3 is 6.18 Å². The minimum atomic E-state index is -4.36. The van der Waals surface area contributed by atoms with Crippen molar-refractivity contribution >= 4 is 5.78 Å². The van der Waals surface area contributed by atoms with Gasteiger partial charge in [-0.15, -0.1) is 0 Å². The summed E-state index contributed by atoms with van der Waals surface area (Å²) in [6.07, 6.45) is -2.31. The number of halogens is 3. The van der Waals surface area contributed by atoms with E-state index in [2.05, 4.69) is 10.1 Å². The molecule has 2 heterocycles. The molecule has 2 aromatic heterocycles. The Morgan fingerprint density at radius 1 is 1.11 bits per heavy atom. The lowest BCUT2D eigenvalue weighted by Crippen LogP contribution is -2.19. The number of ketones is 1. The maximum Gasteiger partial charge on any atom is 0.416 e. The first-order valence-electron chi connectivity index (χ1n) is 8.56. The molecular formula is C20H18F3N3O2. The highest BCUT2D eigenvalue weighted by Crippen LogP contribution is 2.29. The fraction of sp³-hybridized carbons (Fsp3) is 0.250. The number of aromatic nitrogens is 3. The van der Waals surface area contributed by atoms with Gasteiger partial charge in [0.05, 0.1) is 5.56 Å². The van der Waals surface area contributed by atoms with Crippen LogP contribution in [0.3, 0.4) is 0 Å². The highest BCUT2D eigenvalue weighted by Gasteiger charge is 2.29. The summed E-state index contributed by atoms with van der Waals surface area (Å²) in [6, 6.07) is 8.37. The number of hydrogen-bond donors (Lipinski definition) is 1. The van der Waals surface area contributed by atoms with Crippen LogP contribution in [0.5, 0.6) is 0 Å². The van der Waals surface area contributed by atoms with E-state index in [4.69, 9.17) is 0 Å². The second kappa shape index (κ2) is 7.46. The quantitative estimate of drug-likeness (QED) is 0.725. The highest BCUT2D eigenvalue weighted by molar-refractivity contribution is 5.78. The zero-order valence-corrected chi connectivity index (χ0v) is 15.3. The molecular weight excluding hydrogens is 371 g/mol. The van der Waals surface area contributed by atoms with Crippen molar-refractivity contribution in [1.82, 2.24) is 14.8 Å². The molecule has 5 nitrogen and oxygen atoms in total. The summed E-state index contributed by atoms with van der Waals surface area (Å²) >= 11 is 0. The number of aryl methyl sites for hydroxylation is 1. The number of carbonyl (C=O) groups is 1. The number of nitrogens with one attached hydrogen (secondary N) is 1. The minimum absolute atomic E-state index is 0.0557. The van der Waals surface area contributed by atoms with Crippen LogP contribution in [0.2, 0.25) is 0 Å². The molecule has 0 saturated heterocycles. The van der Waals surface area contributed by atoms with Gasteiger partial charge in [0.15, 0.2) is 5.82 Å². The summed E-state index contributed by atoms with van der Waals surface area (Å²) in [4.78, 5) is 28.0. The van der Waals surface area contributed by atoms with Crippen LogP contribution in [-0.4, -0.2) is 20.5 Å². The first-order valence-corrected chi connectivity index (χ1v) is 8.56. The molecule has 0 aliphatic rings. The molecule has 0 saturated carbocycles. The summed E-state index contributed by atoms with van der Waals surface area (Å²) in [5, 5.41) is 2.91. The molecule has 8 heteroatoms. The minimum Gasteiger partial charge on any atom is -0.300 e. The number of carbonyl (C=O) groups excluding carboxylic acids is 1. The molecule has 1 aromatic carbocycles. The van der Waals surface area contributed by atoms with Gasteiger partial charge in [-0.1, -0.05) is 18.2 Å². The van der Waals surface area contributed by atoms with Crippen LogP contribution in [0.15, 0.2) is 47.4 Å². The van der Waals surface area contributed by atoms with Crippen molar-refractivity contribution in [2.24, 2.45) is 0 Å². The first kappa shape index (κ1) is 19.6. The lowest BCUT2D eigenvalue weighted by molar-refractivity contribution is -0.137. The Morgan fingerprint density at radius 3 is 2.29 bits per heavy atom. The fourth-order valence-electron chi connectivity index (χ4n) is 2.90. The number of aromatic amines is 1. The summed E-state index contributed by atoms with van der Waals surface area (Å²) in [5.41, 5.74) is 1.52. The van der Waals surface area contributed by atoms with Gasteiger partial charge < -0.3 is 0 Å². The molecule has 0 aliphatic carbocycles. The zero-order valence-electron chi connectivity index (χ0n) is 15.3. The summed E-state index contributed by atoms with van der Waals surface area (Å²) in [7, 11) is 0. The molecule has 0 radical (unpaired) electrons. The Hall–Kier alpha value is -3.16. The van der Waals surface area contributed by atoms with E-state index in [0.717, 1.165) is 23.3 Å². The van der Waals surface area contributed by atoms with Gasteiger partial charge in [-0.25, -0.2) is 9.67 Å². The number of rotatable bonds is 5. The molecule has 0 spiro atoms. The second-order valence-corrected chi connectivity index (χ2v) is 6.63. The van der Waals surface area contributed by atoms with Crippen molar-refractivity contribution in [3.05, 3.63) is 80.9 Å². The van der Waals surface area contributed by atoms with E-state index < -0.39 is 11.7 Å². The lowest BCUT2D eigenvalue weighted by Gasteiger charge is -2.08. The SMILES string of the molecule is CC(=O)Cc1c(C)[nH]n(-c2ccc(Cc3ccc(C(F)(F)F)cc3)cn2)c1=O. The number of nitrogens with zero attached hydrogens (tertiary/aromatic N) is 2. The van der Waals surface area contributed by atoms with Gasteiger partial charge in [-0.2, -0.15) is 13.2 Å². The molecule has 0 fully saturated rings. The third-order valence-corrected chi connectivity index (χ3v) is 4.35. The Balaban J connectivity index is 1.79. The van der Waals surface area contributed by atoms with Crippen LogP contribution < -0.4 is 5.56 Å². The maximum absolute atomic E-state index is 12.6. The third-order valence-electron chi connectivity index (χ3n) is 4.35. The Kier molecular flexibility index (Phi) is 5.22. The van der Waals surface area contributed by atoms with E-state index in [9.17, 15) is 22.8 Å². The summed E-state index contributed by atoms with van der Waals surface area (Å²) < 4.78 is 39.1. The van der Waals surface area contributed by atoms with Gasteiger partial charge in [0.1, 0.15) is 5.78 Å². The van der Waals surface area contributed by atoms with Crippen molar-refractivity contribution in [2.75, 3.05) is 0 Å². The van der Waals surface area contributed by atoms with Crippen molar-refractivity contribution in [3.63, 3.8) is 0 Å². The van der Waals surface area contributed by atoms with E-state index >= 15 is 0 Å². The molecule has 0 unspecified atom stereocenters. The topological polar surface area (TPSA) is 67.8 Å². The molecule has 1 N–H and O–H groups in total. The highest BCUT2D eigenvalue weighted by atomic mass is 19.4. The average molecular weight is 389 g/mol. The Labute approximate surface area is 158 Å². The fourth-order valence-corrected chi connectivity index (χ4v) is 2.90. The molecule has 3 aromatic rings. The van der Waals surface area contributed by atoms with Crippen LogP contribution in [0.4, 0.5) is 13.2 Å². The predicted octanol–water partition coefficient (Wildman–Crippen LogP) is 3.61. The Bertz CT molecular complexity index is 1050. The number of benzene rings is 1. The molecule has 0 amide bonds. The van der Waals surface area contributed by atoms with Crippen LogP contribution in [-0.2, 0) is 23.8 Å². The van der Waals surface area contributed by atoms with Crippen molar-refractivity contribution in [2.45, 2.75) is 32.9 Å². The standard InChI is InChI=1S/C20H18F3N3O2/c1-12(27)9-17-13(2)25-26(19(17)28)18-8-5-15(11-24-18)10-14-3-6-16(7-4-14)20(21,22)23/h3-8,11,25H,9-10H2,1-2H3. The van der Waals surface area contributed by atoms with Gasteiger partial charge in [0.2, 0.25) is 0 Å².